The number of unbranched alkanes of at least 4 members (excludes halogenated alkanes) is 6. The molecule has 0 N–H and O–H groups in total. The number of hydrogen-bond donors (Lipinski definition) is 0. The monoisotopic (exact) mass is 315 g/mol. The lowest BCUT2D eigenvalue weighted by atomic mass is 10.2. The summed E-state index contributed by atoms with van der Waals surface area (Å²) in [5.41, 5.74) is 0. The van der Waals surface area contributed by atoms with E-state index in [-0.39, 0.29) is 0 Å². The highest BCUT2D eigenvalue weighted by Gasteiger charge is 2.35. The van der Waals surface area contributed by atoms with E-state index >= 15 is 0 Å². The molecule has 0 fully saturated rings. The van der Waals surface area contributed by atoms with Crippen molar-refractivity contribution in [3.63, 3.8) is 0 Å². The van der Waals surface area contributed by atoms with Crippen molar-refractivity contribution < 1.29 is 0 Å². The van der Waals surface area contributed by atoms with Crippen LogP contribution in [0.25, 0.3) is 0 Å². The lowest BCUT2D eigenvalue weighted by Gasteiger charge is -2.29. The zero-order valence-electron chi connectivity index (χ0n) is 15.9. The summed E-state index contributed by atoms with van der Waals surface area (Å²) in [5, 5.41) is 0. The van der Waals surface area contributed by atoms with E-state index in [0.29, 0.717) is 0 Å². The van der Waals surface area contributed by atoms with Gasteiger partial charge in [-0.25, -0.2) is 0 Å². The van der Waals surface area contributed by atoms with Crippen molar-refractivity contribution in [1.82, 2.24) is 0 Å². The zero-order valence-corrected chi connectivity index (χ0v) is 16.8. The van der Waals surface area contributed by atoms with Crippen LogP contribution in [0.1, 0.15) is 98.8 Å². The highest BCUT2D eigenvalue weighted by molar-refractivity contribution is 7.75. The van der Waals surface area contributed by atoms with E-state index in [2.05, 4.69) is 34.6 Å². The molecule has 0 radical (unpaired) electrons. The maximum atomic E-state index is 2.42. The molecule has 0 aromatic heterocycles. The average Bonchev–Trinajstić information content (AvgIpc) is 2.46. The molecule has 128 valence electrons. The Kier molecular flexibility index (Phi) is 14.3. The van der Waals surface area contributed by atoms with E-state index in [1.807, 2.05) is 0 Å². The second-order valence-corrected chi connectivity index (χ2v) is 12.0. The summed E-state index contributed by atoms with van der Waals surface area (Å²) in [7, 11) is -0.639. The van der Waals surface area contributed by atoms with Crippen molar-refractivity contribution in [3.8, 4) is 0 Å². The topological polar surface area (TPSA) is 0 Å². The minimum atomic E-state index is -0.639. The first-order valence-electron chi connectivity index (χ1n) is 9.95. The smallest absolute Gasteiger partial charge is 0.0596 e. The largest absolute Gasteiger partial charge is 0.0654 e. The van der Waals surface area contributed by atoms with Gasteiger partial charge in [-0.05, 0) is 31.6 Å². The second kappa shape index (κ2) is 14.0. The molecule has 0 unspecified atom stereocenters. The van der Waals surface area contributed by atoms with Crippen molar-refractivity contribution in [2.24, 2.45) is 5.92 Å². The zero-order chi connectivity index (χ0) is 16.0. The first kappa shape index (κ1) is 21.4. The lowest BCUT2D eigenvalue weighted by Crippen LogP contribution is -2.14. The first-order valence-corrected chi connectivity index (χ1v) is 12.5. The highest BCUT2D eigenvalue weighted by atomic mass is 31.2. The molecule has 1 heteroatoms. The number of rotatable bonds is 15. The standard InChI is InChI=1S/C20H44P/c1-6-9-12-16-21(17-13-10-7-2,18-14-11-8-3)19-15-20(4)5/h20H,6-19H2,1-5H3/q+1. The molecule has 0 bridgehead atoms. The van der Waals surface area contributed by atoms with Gasteiger partial charge < -0.3 is 0 Å². The fraction of sp³-hybridized carbons (Fsp3) is 1.00. The quantitative estimate of drug-likeness (QED) is 0.215. The molecule has 21 heavy (non-hydrogen) atoms. The third kappa shape index (κ3) is 11.6. The molecular formula is C20H44P+. The summed E-state index contributed by atoms with van der Waals surface area (Å²) in [5.74, 6) is 0.896. The molecule has 0 amide bonds. The normalized spacial score (nSPS) is 12.3. The molecule has 0 nitrogen and oxygen atoms in total. The Labute approximate surface area is 137 Å². The van der Waals surface area contributed by atoms with E-state index in [1.54, 1.807) is 24.6 Å². The van der Waals surface area contributed by atoms with E-state index in [0.717, 1.165) is 5.92 Å². The van der Waals surface area contributed by atoms with Gasteiger partial charge in [-0.1, -0.05) is 73.1 Å². The van der Waals surface area contributed by atoms with Crippen LogP contribution in [0.15, 0.2) is 0 Å². The molecule has 0 spiro atoms. The van der Waals surface area contributed by atoms with Crippen molar-refractivity contribution in [3.05, 3.63) is 0 Å². The summed E-state index contributed by atoms with van der Waals surface area (Å²) in [6.07, 6.45) is 21.0. The van der Waals surface area contributed by atoms with Gasteiger partial charge in [0.2, 0.25) is 0 Å². The Hall–Kier alpha value is 0.430. The van der Waals surface area contributed by atoms with E-state index in [4.69, 9.17) is 0 Å². The molecular weight excluding hydrogens is 271 g/mol. The predicted molar refractivity (Wildman–Crippen MR) is 104 cm³/mol. The van der Waals surface area contributed by atoms with Gasteiger partial charge >= 0.3 is 0 Å². The molecule has 0 aromatic rings. The van der Waals surface area contributed by atoms with E-state index in [9.17, 15) is 0 Å². The van der Waals surface area contributed by atoms with E-state index < -0.39 is 7.26 Å². The molecule has 0 aromatic carbocycles. The van der Waals surface area contributed by atoms with E-state index in [1.165, 1.54) is 64.2 Å². The van der Waals surface area contributed by atoms with Crippen LogP contribution >= 0.6 is 7.26 Å². The Bertz CT molecular complexity index is 183. The molecule has 0 heterocycles. The average molecular weight is 316 g/mol. The summed E-state index contributed by atoms with van der Waals surface area (Å²) < 4.78 is 0. The second-order valence-electron chi connectivity index (χ2n) is 7.54. The van der Waals surface area contributed by atoms with Gasteiger partial charge in [-0.15, -0.1) is 0 Å². The minimum Gasteiger partial charge on any atom is -0.0654 e. The third-order valence-corrected chi connectivity index (χ3v) is 9.89. The van der Waals surface area contributed by atoms with Crippen molar-refractivity contribution in [2.75, 3.05) is 24.6 Å². The first-order chi connectivity index (χ1) is 10.1. The van der Waals surface area contributed by atoms with Crippen molar-refractivity contribution >= 4 is 7.26 Å². The van der Waals surface area contributed by atoms with Gasteiger partial charge in [0, 0.05) is 7.26 Å². The summed E-state index contributed by atoms with van der Waals surface area (Å²) in [4.78, 5) is 0. The Balaban J connectivity index is 4.60. The van der Waals surface area contributed by atoms with Crippen LogP contribution in [0.3, 0.4) is 0 Å². The summed E-state index contributed by atoms with van der Waals surface area (Å²) in [6.45, 7) is 11.9. The summed E-state index contributed by atoms with van der Waals surface area (Å²) in [6, 6.07) is 0. The fourth-order valence-electron chi connectivity index (χ4n) is 3.29. The van der Waals surface area contributed by atoms with Gasteiger partial charge in [0.15, 0.2) is 0 Å². The minimum absolute atomic E-state index is 0.639. The van der Waals surface area contributed by atoms with Crippen molar-refractivity contribution in [2.45, 2.75) is 98.8 Å². The molecule has 0 saturated carbocycles. The molecule has 0 aliphatic carbocycles. The van der Waals surface area contributed by atoms with Crippen LogP contribution in [-0.4, -0.2) is 24.6 Å². The maximum absolute atomic E-state index is 2.42. The van der Waals surface area contributed by atoms with Gasteiger partial charge in [0.25, 0.3) is 0 Å². The molecule has 0 aliphatic heterocycles. The maximum Gasteiger partial charge on any atom is 0.0596 e. The van der Waals surface area contributed by atoms with Crippen molar-refractivity contribution in [1.29, 1.82) is 0 Å². The van der Waals surface area contributed by atoms with Gasteiger partial charge in [0.1, 0.15) is 0 Å². The fourth-order valence-corrected chi connectivity index (χ4v) is 8.38. The third-order valence-electron chi connectivity index (χ3n) is 4.89. The molecule has 0 aliphatic rings. The Morgan fingerprint density at radius 2 is 0.952 bits per heavy atom. The highest BCUT2D eigenvalue weighted by Crippen LogP contribution is 2.61. The van der Waals surface area contributed by atoms with Crippen LogP contribution in [-0.2, 0) is 0 Å². The van der Waals surface area contributed by atoms with Gasteiger partial charge in [0.05, 0.1) is 24.6 Å². The van der Waals surface area contributed by atoms with Crippen LogP contribution in [0.2, 0.25) is 0 Å². The van der Waals surface area contributed by atoms with Crippen LogP contribution in [0.4, 0.5) is 0 Å². The SMILES string of the molecule is CCCCC[P+](CCCCC)(CCCCC)CCC(C)C. The molecule has 0 saturated heterocycles. The Morgan fingerprint density at radius 1 is 0.571 bits per heavy atom. The van der Waals surface area contributed by atoms with Crippen LogP contribution < -0.4 is 0 Å². The van der Waals surface area contributed by atoms with Crippen LogP contribution in [0.5, 0.6) is 0 Å². The Morgan fingerprint density at radius 3 is 1.24 bits per heavy atom. The lowest BCUT2D eigenvalue weighted by molar-refractivity contribution is 0.624. The molecule has 0 rings (SSSR count). The van der Waals surface area contributed by atoms with Gasteiger partial charge in [-0.2, -0.15) is 0 Å². The van der Waals surface area contributed by atoms with Crippen LogP contribution in [0, 0.1) is 5.92 Å². The van der Waals surface area contributed by atoms with Gasteiger partial charge in [-0.3, -0.25) is 0 Å². The predicted octanol–water partition coefficient (Wildman–Crippen LogP) is 7.62. The molecule has 0 atom stereocenters. The summed E-state index contributed by atoms with van der Waals surface area (Å²) >= 11 is 0. The number of hydrogen-bond acceptors (Lipinski definition) is 0.